The second-order valence-corrected chi connectivity index (χ2v) is 5.25. The Morgan fingerprint density at radius 2 is 2.11 bits per heavy atom. The summed E-state index contributed by atoms with van der Waals surface area (Å²) in [5.74, 6) is 0.169. The van der Waals surface area contributed by atoms with Crippen LogP contribution in [0.4, 0.5) is 0 Å². The lowest BCUT2D eigenvalue weighted by molar-refractivity contribution is -0.121. The molecule has 2 rings (SSSR count). The number of aromatic nitrogens is 1. The summed E-state index contributed by atoms with van der Waals surface area (Å²) in [5, 5.41) is 2.97. The first-order valence-corrected chi connectivity index (χ1v) is 7.23. The van der Waals surface area contributed by atoms with Crippen LogP contribution in [0.2, 0.25) is 0 Å². The first-order chi connectivity index (χ1) is 9.25. The van der Waals surface area contributed by atoms with E-state index in [1.165, 1.54) is 5.56 Å². The van der Waals surface area contributed by atoms with Crippen LogP contribution in [0.25, 0.3) is 0 Å². The Morgan fingerprint density at radius 3 is 3.00 bits per heavy atom. The van der Waals surface area contributed by atoms with Crippen LogP contribution < -0.4 is 11.1 Å². The van der Waals surface area contributed by atoms with Gasteiger partial charge in [0.25, 0.3) is 0 Å². The van der Waals surface area contributed by atoms with Crippen LogP contribution >= 0.6 is 0 Å². The number of pyridine rings is 1. The molecule has 1 aliphatic heterocycles. The Bertz CT molecular complexity index is 420. The lowest BCUT2D eigenvalue weighted by Crippen LogP contribution is -2.24. The minimum absolute atomic E-state index is 0.0393. The fourth-order valence-electron chi connectivity index (χ4n) is 2.44. The molecule has 4 heteroatoms. The SMILES string of the molecule is N[C@H]1CCCCCNC(=O)CCCc2ccnc1c2. The molecule has 0 fully saturated rings. The number of nitrogens with zero attached hydrogens (tertiary/aromatic N) is 1. The maximum atomic E-state index is 11.6. The Balaban J connectivity index is 2.04. The molecule has 1 aromatic rings. The molecular formula is C15H23N3O. The molecule has 3 N–H and O–H groups in total. The summed E-state index contributed by atoms with van der Waals surface area (Å²) < 4.78 is 0. The van der Waals surface area contributed by atoms with Crippen molar-refractivity contribution in [2.75, 3.05) is 6.54 Å². The van der Waals surface area contributed by atoms with Crippen LogP contribution in [0.5, 0.6) is 0 Å². The van der Waals surface area contributed by atoms with E-state index in [9.17, 15) is 4.79 Å². The van der Waals surface area contributed by atoms with Gasteiger partial charge in [0.05, 0.1) is 5.69 Å². The molecule has 0 unspecified atom stereocenters. The van der Waals surface area contributed by atoms with Crippen molar-refractivity contribution in [3.05, 3.63) is 29.6 Å². The van der Waals surface area contributed by atoms with Gasteiger partial charge in [-0.3, -0.25) is 9.78 Å². The predicted molar refractivity (Wildman–Crippen MR) is 75.6 cm³/mol. The highest BCUT2D eigenvalue weighted by Gasteiger charge is 2.09. The van der Waals surface area contributed by atoms with Gasteiger partial charge in [-0.2, -0.15) is 0 Å². The van der Waals surface area contributed by atoms with Crippen LogP contribution in [0.3, 0.4) is 0 Å². The maximum Gasteiger partial charge on any atom is 0.220 e. The number of carbonyl (C=O) groups is 1. The van der Waals surface area contributed by atoms with E-state index in [4.69, 9.17) is 5.73 Å². The van der Waals surface area contributed by atoms with Crippen molar-refractivity contribution in [2.45, 2.75) is 51.0 Å². The fourth-order valence-corrected chi connectivity index (χ4v) is 2.44. The first kappa shape index (κ1) is 14.0. The van der Waals surface area contributed by atoms with Gasteiger partial charge in [-0.05, 0) is 43.4 Å². The molecule has 1 aromatic heterocycles. The van der Waals surface area contributed by atoms with E-state index in [2.05, 4.69) is 16.4 Å². The lowest BCUT2D eigenvalue weighted by Gasteiger charge is -2.13. The number of fused-ring (bicyclic) bond motifs is 2. The highest BCUT2D eigenvalue weighted by Crippen LogP contribution is 2.17. The van der Waals surface area contributed by atoms with Gasteiger partial charge < -0.3 is 11.1 Å². The van der Waals surface area contributed by atoms with E-state index >= 15 is 0 Å². The zero-order valence-corrected chi connectivity index (χ0v) is 11.4. The van der Waals surface area contributed by atoms with Gasteiger partial charge in [0, 0.05) is 25.2 Å². The topological polar surface area (TPSA) is 68.0 Å². The summed E-state index contributed by atoms with van der Waals surface area (Å²) >= 11 is 0. The largest absolute Gasteiger partial charge is 0.356 e. The smallest absolute Gasteiger partial charge is 0.220 e. The Hall–Kier alpha value is -1.42. The number of hydrogen-bond acceptors (Lipinski definition) is 3. The molecule has 2 heterocycles. The average Bonchev–Trinajstić information content (AvgIpc) is 2.42. The van der Waals surface area contributed by atoms with Gasteiger partial charge in [-0.15, -0.1) is 0 Å². The number of nitrogens with one attached hydrogen (secondary N) is 1. The second-order valence-electron chi connectivity index (χ2n) is 5.25. The van der Waals surface area contributed by atoms with Crippen LogP contribution in [0.15, 0.2) is 18.3 Å². The second kappa shape index (κ2) is 7.24. The van der Waals surface area contributed by atoms with Gasteiger partial charge in [-0.1, -0.05) is 12.8 Å². The van der Waals surface area contributed by atoms with Crippen molar-refractivity contribution >= 4 is 5.91 Å². The van der Waals surface area contributed by atoms with Crippen molar-refractivity contribution in [3.63, 3.8) is 0 Å². The summed E-state index contributed by atoms with van der Waals surface area (Å²) in [6.45, 7) is 0.789. The third-order valence-corrected chi connectivity index (χ3v) is 3.61. The Morgan fingerprint density at radius 1 is 1.21 bits per heavy atom. The van der Waals surface area contributed by atoms with Crippen molar-refractivity contribution in [1.29, 1.82) is 0 Å². The van der Waals surface area contributed by atoms with Gasteiger partial charge in [0.2, 0.25) is 5.91 Å². The highest BCUT2D eigenvalue weighted by molar-refractivity contribution is 5.75. The molecule has 0 saturated heterocycles. The quantitative estimate of drug-likeness (QED) is 0.751. The van der Waals surface area contributed by atoms with Gasteiger partial charge in [0.1, 0.15) is 0 Å². The third-order valence-electron chi connectivity index (χ3n) is 3.61. The number of amides is 1. The number of rotatable bonds is 0. The lowest BCUT2D eigenvalue weighted by atomic mass is 10.0. The van der Waals surface area contributed by atoms with Gasteiger partial charge >= 0.3 is 0 Å². The molecule has 1 atom stereocenters. The molecule has 2 bridgehead atoms. The number of hydrogen-bond donors (Lipinski definition) is 2. The molecule has 0 radical (unpaired) electrons. The van der Waals surface area contributed by atoms with E-state index in [1.54, 1.807) is 0 Å². The summed E-state index contributed by atoms with van der Waals surface area (Å²) in [7, 11) is 0. The van der Waals surface area contributed by atoms with Crippen LogP contribution in [-0.4, -0.2) is 17.4 Å². The molecular weight excluding hydrogens is 238 g/mol. The molecule has 0 aliphatic carbocycles. The van der Waals surface area contributed by atoms with Crippen molar-refractivity contribution in [2.24, 2.45) is 5.73 Å². The predicted octanol–water partition coefficient (Wildman–Crippen LogP) is 2.09. The average molecular weight is 261 g/mol. The van der Waals surface area contributed by atoms with E-state index in [1.807, 2.05) is 12.3 Å². The molecule has 4 nitrogen and oxygen atoms in total. The van der Waals surface area contributed by atoms with E-state index in [0.717, 1.165) is 50.8 Å². The van der Waals surface area contributed by atoms with Crippen molar-refractivity contribution in [3.8, 4) is 0 Å². The molecule has 1 amide bonds. The number of aryl methyl sites for hydroxylation is 1. The minimum Gasteiger partial charge on any atom is -0.356 e. The number of carbonyl (C=O) groups excluding carboxylic acids is 1. The summed E-state index contributed by atoms with van der Waals surface area (Å²) in [6.07, 6.45) is 8.41. The zero-order valence-electron chi connectivity index (χ0n) is 11.4. The van der Waals surface area contributed by atoms with E-state index in [-0.39, 0.29) is 11.9 Å². The summed E-state index contributed by atoms with van der Waals surface area (Å²) in [4.78, 5) is 16.0. The summed E-state index contributed by atoms with van der Waals surface area (Å²) in [5.41, 5.74) is 8.39. The van der Waals surface area contributed by atoms with Crippen LogP contribution in [0.1, 0.15) is 55.8 Å². The van der Waals surface area contributed by atoms with Gasteiger partial charge in [0.15, 0.2) is 0 Å². The molecule has 0 aromatic carbocycles. The third kappa shape index (κ3) is 4.63. The standard InChI is InChI=1S/C15H23N3O/c16-13-6-2-1-3-9-18-15(19)7-4-5-12-8-10-17-14(13)11-12/h8,10-11,13H,1-7,9,16H2,(H,18,19)/t13-/m0/s1. The van der Waals surface area contributed by atoms with Gasteiger partial charge in [-0.25, -0.2) is 0 Å². The normalized spacial score (nSPS) is 22.4. The zero-order chi connectivity index (χ0) is 13.5. The molecule has 0 saturated carbocycles. The van der Waals surface area contributed by atoms with Crippen LogP contribution in [0, 0.1) is 0 Å². The Labute approximate surface area is 114 Å². The van der Waals surface area contributed by atoms with E-state index < -0.39 is 0 Å². The Kier molecular flexibility index (Phi) is 5.33. The molecule has 1 aliphatic rings. The van der Waals surface area contributed by atoms with Crippen molar-refractivity contribution < 1.29 is 4.79 Å². The molecule has 19 heavy (non-hydrogen) atoms. The molecule has 104 valence electrons. The monoisotopic (exact) mass is 261 g/mol. The highest BCUT2D eigenvalue weighted by atomic mass is 16.1. The van der Waals surface area contributed by atoms with Crippen molar-refractivity contribution in [1.82, 2.24) is 10.3 Å². The fraction of sp³-hybridized carbons (Fsp3) is 0.600. The number of nitrogens with two attached hydrogens (primary N) is 1. The molecule has 0 spiro atoms. The maximum absolute atomic E-state index is 11.6. The first-order valence-electron chi connectivity index (χ1n) is 7.23. The van der Waals surface area contributed by atoms with E-state index in [0.29, 0.717) is 6.42 Å². The minimum atomic E-state index is 0.0393. The van der Waals surface area contributed by atoms with Crippen LogP contribution in [-0.2, 0) is 11.2 Å². The summed E-state index contributed by atoms with van der Waals surface area (Å²) in [6, 6.07) is 4.14.